The number of carbonyl (C=O) groups excluding carboxylic acids is 1. The van der Waals surface area contributed by atoms with E-state index in [0.717, 1.165) is 0 Å². The van der Waals surface area contributed by atoms with Gasteiger partial charge >= 0.3 is 6.18 Å². The average molecular weight is 300 g/mol. The van der Waals surface area contributed by atoms with Gasteiger partial charge in [-0.25, -0.2) is 0 Å². The summed E-state index contributed by atoms with van der Waals surface area (Å²) >= 11 is 0. The molecule has 1 unspecified atom stereocenters. The number of aromatic amines is 1. The Hall–Kier alpha value is -2.58. The van der Waals surface area contributed by atoms with Crippen LogP contribution in [0.1, 0.15) is 18.5 Å². The van der Waals surface area contributed by atoms with Crippen LogP contribution in [0.3, 0.4) is 0 Å². The third kappa shape index (κ3) is 3.30. The molecule has 2 N–H and O–H groups in total. The second-order valence-corrected chi connectivity index (χ2v) is 4.28. The molecule has 6 nitrogen and oxygen atoms in total. The lowest BCUT2D eigenvalue weighted by Gasteiger charge is -2.13. The summed E-state index contributed by atoms with van der Waals surface area (Å²) in [5.41, 5.74) is -2.33. The highest BCUT2D eigenvalue weighted by atomic mass is 19.4. The van der Waals surface area contributed by atoms with E-state index in [1.54, 1.807) is 6.07 Å². The molecule has 0 saturated heterocycles. The van der Waals surface area contributed by atoms with Gasteiger partial charge in [0.05, 0.1) is 5.56 Å². The van der Waals surface area contributed by atoms with Crippen LogP contribution in [-0.2, 0) is 11.0 Å². The Balaban J connectivity index is 2.23. The zero-order valence-electron chi connectivity index (χ0n) is 10.8. The smallest absolute Gasteiger partial charge is 0.327 e. The van der Waals surface area contributed by atoms with Crippen LogP contribution in [0.5, 0.6) is 0 Å². The molecule has 0 aliphatic rings. The third-order valence-electron chi connectivity index (χ3n) is 2.79. The number of pyridine rings is 1. The highest BCUT2D eigenvalue weighted by Gasteiger charge is 2.31. The Morgan fingerprint density at radius 2 is 2.19 bits per heavy atom. The molecule has 2 rings (SSSR count). The van der Waals surface area contributed by atoms with E-state index >= 15 is 0 Å². The molecule has 0 aliphatic heterocycles. The minimum absolute atomic E-state index is 0.464. The highest BCUT2D eigenvalue weighted by molar-refractivity contribution is 5.93. The number of amides is 1. The fourth-order valence-electron chi connectivity index (χ4n) is 1.61. The fourth-order valence-corrected chi connectivity index (χ4v) is 1.61. The van der Waals surface area contributed by atoms with Gasteiger partial charge in [0.1, 0.15) is 11.7 Å². The van der Waals surface area contributed by atoms with E-state index in [0.29, 0.717) is 12.3 Å². The first-order chi connectivity index (χ1) is 9.79. The minimum Gasteiger partial charge on any atom is -0.327 e. The largest absolute Gasteiger partial charge is 0.417 e. The molecule has 9 heteroatoms. The number of carbonyl (C=O) groups is 1. The van der Waals surface area contributed by atoms with E-state index in [1.165, 1.54) is 24.0 Å². The highest BCUT2D eigenvalue weighted by Crippen LogP contribution is 2.29. The number of hydrogen-bond acceptors (Lipinski definition) is 3. The Labute approximate surface area is 116 Å². The molecule has 1 amide bonds. The minimum atomic E-state index is -4.61. The maximum atomic E-state index is 12.6. The van der Waals surface area contributed by atoms with Crippen LogP contribution in [0, 0.1) is 0 Å². The van der Waals surface area contributed by atoms with Gasteiger partial charge in [-0.1, -0.05) is 0 Å². The van der Waals surface area contributed by atoms with Gasteiger partial charge in [-0.3, -0.25) is 14.3 Å². The number of aromatic nitrogens is 3. The van der Waals surface area contributed by atoms with Crippen molar-refractivity contribution in [3.8, 4) is 0 Å². The molecule has 21 heavy (non-hydrogen) atoms. The second kappa shape index (κ2) is 5.43. The molecule has 2 aromatic heterocycles. The summed E-state index contributed by atoms with van der Waals surface area (Å²) in [5.74, 6) is -0.650. The molecule has 0 aliphatic carbocycles. The van der Waals surface area contributed by atoms with Crippen LogP contribution >= 0.6 is 0 Å². The quantitative estimate of drug-likeness (QED) is 0.907. The first-order valence-electron chi connectivity index (χ1n) is 5.89. The number of nitrogens with one attached hydrogen (secondary N) is 2. The van der Waals surface area contributed by atoms with Gasteiger partial charge in [0.25, 0.3) is 5.56 Å². The summed E-state index contributed by atoms with van der Waals surface area (Å²) in [7, 11) is 0. The SMILES string of the molecule is CC(C(=O)Nc1cc(C(F)(F)F)c[nH]c1=O)n1cccn1. The summed E-state index contributed by atoms with van der Waals surface area (Å²) in [6.45, 7) is 1.50. The van der Waals surface area contributed by atoms with E-state index in [2.05, 4.69) is 10.4 Å². The number of rotatable bonds is 3. The van der Waals surface area contributed by atoms with Crippen LogP contribution in [0.2, 0.25) is 0 Å². The number of hydrogen-bond donors (Lipinski definition) is 2. The summed E-state index contributed by atoms with van der Waals surface area (Å²) in [6.07, 6.45) is -1.08. The second-order valence-electron chi connectivity index (χ2n) is 4.28. The topological polar surface area (TPSA) is 79.8 Å². The molecule has 2 aromatic rings. The molecule has 0 bridgehead atoms. The molecular formula is C12H11F3N4O2. The van der Waals surface area contributed by atoms with Gasteiger partial charge in [-0.05, 0) is 19.1 Å². The van der Waals surface area contributed by atoms with Gasteiger partial charge < -0.3 is 10.3 Å². The van der Waals surface area contributed by atoms with Gasteiger partial charge in [0.2, 0.25) is 5.91 Å². The lowest BCUT2D eigenvalue weighted by Crippen LogP contribution is -2.27. The number of nitrogens with zero attached hydrogens (tertiary/aromatic N) is 2. The van der Waals surface area contributed by atoms with Crippen LogP contribution < -0.4 is 10.9 Å². The maximum absolute atomic E-state index is 12.6. The third-order valence-corrected chi connectivity index (χ3v) is 2.79. The number of halogens is 3. The maximum Gasteiger partial charge on any atom is 0.417 e. The van der Waals surface area contributed by atoms with Crippen molar-refractivity contribution in [2.75, 3.05) is 5.32 Å². The Bertz CT molecular complexity index is 691. The number of anilines is 1. The van der Waals surface area contributed by atoms with Gasteiger partial charge in [-0.2, -0.15) is 18.3 Å². The summed E-state index contributed by atoms with van der Waals surface area (Å²) in [6, 6.07) is 1.42. The Kier molecular flexibility index (Phi) is 3.83. The van der Waals surface area contributed by atoms with Gasteiger partial charge in [0.15, 0.2) is 0 Å². The molecule has 0 spiro atoms. The number of H-pyrrole nitrogens is 1. The van der Waals surface area contributed by atoms with Crippen LogP contribution in [0.25, 0.3) is 0 Å². The molecule has 2 heterocycles. The van der Waals surface area contributed by atoms with Crippen LogP contribution in [0.4, 0.5) is 18.9 Å². The van der Waals surface area contributed by atoms with Crippen molar-refractivity contribution in [3.05, 3.63) is 46.6 Å². The van der Waals surface area contributed by atoms with E-state index < -0.39 is 34.9 Å². The van der Waals surface area contributed by atoms with E-state index in [-0.39, 0.29) is 0 Å². The van der Waals surface area contributed by atoms with Crippen LogP contribution in [-0.4, -0.2) is 20.7 Å². The van der Waals surface area contributed by atoms with E-state index in [4.69, 9.17) is 0 Å². The summed E-state index contributed by atoms with van der Waals surface area (Å²) in [4.78, 5) is 25.3. The molecule has 0 fully saturated rings. The lowest BCUT2D eigenvalue weighted by molar-refractivity contribution is -0.137. The molecule has 0 aromatic carbocycles. The Morgan fingerprint density at radius 3 is 2.76 bits per heavy atom. The molecular weight excluding hydrogens is 289 g/mol. The molecule has 112 valence electrons. The van der Waals surface area contributed by atoms with E-state index in [1.807, 2.05) is 4.98 Å². The van der Waals surface area contributed by atoms with Crippen molar-refractivity contribution in [1.82, 2.24) is 14.8 Å². The Morgan fingerprint density at radius 1 is 1.48 bits per heavy atom. The average Bonchev–Trinajstić information content (AvgIpc) is 2.92. The van der Waals surface area contributed by atoms with Crippen molar-refractivity contribution in [1.29, 1.82) is 0 Å². The molecule has 1 atom stereocenters. The van der Waals surface area contributed by atoms with Crippen LogP contribution in [0.15, 0.2) is 35.5 Å². The van der Waals surface area contributed by atoms with Crippen molar-refractivity contribution in [2.24, 2.45) is 0 Å². The first kappa shape index (κ1) is 14.8. The zero-order valence-corrected chi connectivity index (χ0v) is 10.8. The normalized spacial score (nSPS) is 13.0. The van der Waals surface area contributed by atoms with Crippen molar-refractivity contribution in [3.63, 3.8) is 0 Å². The summed E-state index contributed by atoms with van der Waals surface area (Å²) < 4.78 is 39.0. The first-order valence-corrected chi connectivity index (χ1v) is 5.89. The predicted octanol–water partition coefficient (Wildman–Crippen LogP) is 1.79. The number of alkyl halides is 3. The van der Waals surface area contributed by atoms with Gasteiger partial charge in [-0.15, -0.1) is 0 Å². The van der Waals surface area contributed by atoms with Crippen molar-refractivity contribution >= 4 is 11.6 Å². The standard InChI is InChI=1S/C12H11F3N4O2/c1-7(19-4-2-3-17-19)10(20)18-9-5-8(12(13,14)15)6-16-11(9)21/h2-7H,1H3,(H,16,21)(H,18,20). The molecule has 0 radical (unpaired) electrons. The molecule has 0 saturated carbocycles. The van der Waals surface area contributed by atoms with Crippen molar-refractivity contribution < 1.29 is 18.0 Å². The van der Waals surface area contributed by atoms with Gasteiger partial charge in [0, 0.05) is 18.6 Å². The van der Waals surface area contributed by atoms with Crippen molar-refractivity contribution in [2.45, 2.75) is 19.1 Å². The zero-order chi connectivity index (χ0) is 15.6. The predicted molar refractivity (Wildman–Crippen MR) is 67.6 cm³/mol. The summed E-state index contributed by atoms with van der Waals surface area (Å²) in [5, 5.41) is 6.02. The lowest BCUT2D eigenvalue weighted by atomic mass is 10.2. The fraction of sp³-hybridized carbons (Fsp3) is 0.250. The van der Waals surface area contributed by atoms with E-state index in [9.17, 15) is 22.8 Å². The monoisotopic (exact) mass is 300 g/mol.